The van der Waals surface area contributed by atoms with E-state index >= 15 is 0 Å². The quantitative estimate of drug-likeness (QED) is 0.668. The zero-order valence-electron chi connectivity index (χ0n) is 12.8. The molecule has 0 aliphatic carbocycles. The number of amides is 1. The van der Waals surface area contributed by atoms with Crippen LogP contribution in [-0.2, 0) is 12.7 Å². The van der Waals surface area contributed by atoms with Gasteiger partial charge in [0.2, 0.25) is 0 Å². The van der Waals surface area contributed by atoms with Gasteiger partial charge in [-0.1, -0.05) is 0 Å². The number of nitrogens with zero attached hydrogens (tertiary/aromatic N) is 2. The average Bonchev–Trinajstić information content (AvgIpc) is 3.20. The monoisotopic (exact) mass is 387 g/mol. The van der Waals surface area contributed by atoms with E-state index in [0.29, 0.717) is 5.56 Å². The van der Waals surface area contributed by atoms with Crippen LogP contribution in [0.5, 0.6) is 0 Å². The van der Waals surface area contributed by atoms with Gasteiger partial charge in [-0.25, -0.2) is 8.78 Å². The number of nitrogens with one attached hydrogen (secondary N) is 1. The van der Waals surface area contributed by atoms with Crippen molar-refractivity contribution in [2.45, 2.75) is 12.7 Å². The van der Waals surface area contributed by atoms with Crippen molar-refractivity contribution in [3.8, 4) is 0 Å². The van der Waals surface area contributed by atoms with Crippen molar-refractivity contribution in [3.05, 3.63) is 69.7 Å². The first-order chi connectivity index (χ1) is 12.2. The van der Waals surface area contributed by atoms with E-state index in [0.717, 1.165) is 40.3 Å². The van der Waals surface area contributed by atoms with Crippen LogP contribution < -0.4 is 5.32 Å². The third-order valence-corrected chi connectivity index (χ3v) is 4.31. The van der Waals surface area contributed by atoms with E-state index in [1.165, 1.54) is 12.3 Å². The second-order valence-corrected chi connectivity index (χ2v) is 6.21. The molecule has 0 saturated carbocycles. The zero-order valence-corrected chi connectivity index (χ0v) is 13.7. The van der Waals surface area contributed by atoms with Crippen LogP contribution in [0.25, 0.3) is 0 Å². The molecule has 2 aromatic heterocycles. The Balaban J connectivity index is 1.70. The molecule has 3 aromatic rings. The number of thiophene rings is 1. The van der Waals surface area contributed by atoms with E-state index in [1.54, 1.807) is 5.38 Å². The molecule has 1 N–H and O–H groups in total. The Kier molecular flexibility index (Phi) is 4.77. The molecule has 0 aliphatic heterocycles. The van der Waals surface area contributed by atoms with Crippen LogP contribution >= 0.6 is 11.3 Å². The highest BCUT2D eigenvalue weighted by molar-refractivity contribution is 7.12. The zero-order chi connectivity index (χ0) is 18.9. The van der Waals surface area contributed by atoms with Crippen molar-refractivity contribution in [1.29, 1.82) is 0 Å². The first kappa shape index (κ1) is 18.1. The Bertz CT molecular complexity index is 948. The summed E-state index contributed by atoms with van der Waals surface area (Å²) in [6.45, 7) is 0.0359. The number of hydrogen-bond acceptors (Lipinski definition) is 3. The van der Waals surface area contributed by atoms with Crippen molar-refractivity contribution in [3.63, 3.8) is 0 Å². The van der Waals surface area contributed by atoms with Gasteiger partial charge in [-0.2, -0.15) is 18.3 Å². The Morgan fingerprint density at radius 3 is 2.65 bits per heavy atom. The molecule has 0 atom stereocenters. The van der Waals surface area contributed by atoms with Gasteiger partial charge in [0.05, 0.1) is 17.1 Å². The highest BCUT2D eigenvalue weighted by Crippen LogP contribution is 2.27. The van der Waals surface area contributed by atoms with Gasteiger partial charge >= 0.3 is 6.18 Å². The molecular formula is C16H10F5N3OS. The normalized spacial score (nSPS) is 11.6. The Morgan fingerprint density at radius 2 is 1.96 bits per heavy atom. The third kappa shape index (κ3) is 4.07. The topological polar surface area (TPSA) is 46.9 Å². The number of aromatic nitrogens is 2. The molecule has 1 aromatic carbocycles. The third-order valence-electron chi connectivity index (χ3n) is 3.33. The molecule has 136 valence electrons. The van der Waals surface area contributed by atoms with Gasteiger partial charge in [-0.05, 0) is 35.2 Å². The maximum atomic E-state index is 13.6. The summed E-state index contributed by atoms with van der Waals surface area (Å²) in [5, 5.41) is 7.25. The molecule has 0 aliphatic rings. The van der Waals surface area contributed by atoms with Gasteiger partial charge < -0.3 is 5.32 Å². The lowest BCUT2D eigenvalue weighted by molar-refractivity contribution is -0.141. The van der Waals surface area contributed by atoms with Crippen LogP contribution in [0.1, 0.15) is 20.9 Å². The van der Waals surface area contributed by atoms with Crippen molar-refractivity contribution < 1.29 is 26.7 Å². The molecule has 0 fully saturated rings. The summed E-state index contributed by atoms with van der Waals surface area (Å²) >= 11 is 1.03. The van der Waals surface area contributed by atoms with Crippen LogP contribution in [0.4, 0.5) is 27.6 Å². The largest absolute Gasteiger partial charge is 0.435 e. The van der Waals surface area contributed by atoms with E-state index < -0.39 is 29.4 Å². The molecular weight excluding hydrogens is 377 g/mol. The van der Waals surface area contributed by atoms with Gasteiger partial charge in [-0.3, -0.25) is 9.48 Å². The number of alkyl halides is 3. The number of rotatable bonds is 4. The highest BCUT2D eigenvalue weighted by Gasteiger charge is 2.33. The van der Waals surface area contributed by atoms with E-state index in [4.69, 9.17) is 0 Å². The van der Waals surface area contributed by atoms with Crippen LogP contribution in [0.15, 0.2) is 41.9 Å². The van der Waals surface area contributed by atoms with Crippen LogP contribution in [-0.4, -0.2) is 15.7 Å². The van der Waals surface area contributed by atoms with E-state index in [-0.39, 0.29) is 17.1 Å². The minimum atomic E-state index is -4.53. The summed E-state index contributed by atoms with van der Waals surface area (Å²) in [5.41, 5.74) is -0.754. The second-order valence-electron chi connectivity index (χ2n) is 5.29. The average molecular weight is 387 g/mol. The predicted octanol–water partition coefficient (Wildman–Crippen LogP) is 4.54. The van der Waals surface area contributed by atoms with Gasteiger partial charge in [0, 0.05) is 12.3 Å². The van der Waals surface area contributed by atoms with Gasteiger partial charge in [-0.15, -0.1) is 11.3 Å². The lowest BCUT2D eigenvalue weighted by Gasteiger charge is -2.05. The van der Waals surface area contributed by atoms with E-state index in [2.05, 4.69) is 10.4 Å². The lowest BCUT2D eigenvalue weighted by atomic mass is 10.2. The van der Waals surface area contributed by atoms with Crippen molar-refractivity contribution in [2.24, 2.45) is 0 Å². The lowest BCUT2D eigenvalue weighted by Crippen LogP contribution is -2.12. The first-order valence-electron chi connectivity index (χ1n) is 7.17. The fourth-order valence-electron chi connectivity index (χ4n) is 2.14. The molecule has 26 heavy (non-hydrogen) atoms. The molecule has 0 radical (unpaired) electrons. The van der Waals surface area contributed by atoms with E-state index in [1.807, 2.05) is 0 Å². The minimum absolute atomic E-state index is 0.0359. The van der Waals surface area contributed by atoms with Gasteiger partial charge in [0.25, 0.3) is 5.91 Å². The molecule has 4 nitrogen and oxygen atoms in total. The molecule has 3 rings (SSSR count). The van der Waals surface area contributed by atoms with Crippen molar-refractivity contribution in [1.82, 2.24) is 9.78 Å². The Labute approximate surface area is 147 Å². The molecule has 10 heteroatoms. The minimum Gasteiger partial charge on any atom is -0.319 e. The van der Waals surface area contributed by atoms with Crippen molar-refractivity contribution in [2.75, 3.05) is 5.32 Å². The summed E-state index contributed by atoms with van der Waals surface area (Å²) in [7, 11) is 0. The smallest absolute Gasteiger partial charge is 0.319 e. The molecule has 0 bridgehead atoms. The predicted molar refractivity (Wildman–Crippen MR) is 85.0 cm³/mol. The summed E-state index contributed by atoms with van der Waals surface area (Å²) in [6, 6.07) is 4.97. The maximum Gasteiger partial charge on any atom is 0.435 e. The molecule has 2 heterocycles. The van der Waals surface area contributed by atoms with Crippen LogP contribution in [0, 0.1) is 11.6 Å². The number of anilines is 1. The fraction of sp³-hybridized carbons (Fsp3) is 0.125. The van der Waals surface area contributed by atoms with Gasteiger partial charge in [0.1, 0.15) is 11.6 Å². The highest BCUT2D eigenvalue weighted by atomic mass is 32.1. The molecule has 0 saturated heterocycles. The first-order valence-corrected chi connectivity index (χ1v) is 8.05. The number of carbonyl (C=O) groups excluding carboxylic acids is 1. The SMILES string of the molecule is O=C(Nc1cc(F)ccc1F)c1cc(Cn2ccc(C(F)(F)F)n2)cs1. The fourth-order valence-corrected chi connectivity index (χ4v) is 2.94. The molecule has 0 spiro atoms. The molecule has 1 amide bonds. The van der Waals surface area contributed by atoms with Gasteiger partial charge in [0.15, 0.2) is 5.69 Å². The number of benzene rings is 1. The Morgan fingerprint density at radius 1 is 1.19 bits per heavy atom. The van der Waals surface area contributed by atoms with E-state index in [9.17, 15) is 26.7 Å². The maximum absolute atomic E-state index is 13.6. The number of halogens is 5. The summed E-state index contributed by atoms with van der Waals surface area (Å²) in [5.74, 6) is -2.14. The van der Waals surface area contributed by atoms with Crippen LogP contribution in [0.3, 0.4) is 0 Å². The van der Waals surface area contributed by atoms with Crippen LogP contribution in [0.2, 0.25) is 0 Å². The van der Waals surface area contributed by atoms with Crippen molar-refractivity contribution >= 4 is 22.9 Å². The summed E-state index contributed by atoms with van der Waals surface area (Å²) in [6.07, 6.45) is -3.34. The summed E-state index contributed by atoms with van der Waals surface area (Å²) < 4.78 is 65.4. The summed E-state index contributed by atoms with van der Waals surface area (Å²) in [4.78, 5) is 12.3. The second kappa shape index (κ2) is 6.87. The number of hydrogen-bond donors (Lipinski definition) is 1. The standard InChI is InChI=1S/C16H10F5N3OS/c17-10-1-2-11(18)12(6-10)22-15(25)13-5-9(8-26-13)7-24-4-3-14(23-24)16(19,20)21/h1-6,8H,7H2,(H,22,25). The molecule has 0 unspecified atom stereocenters. The number of carbonyl (C=O) groups is 1. The Hall–Kier alpha value is -2.75.